The van der Waals surface area contributed by atoms with Gasteiger partial charge in [-0.2, -0.15) is 0 Å². The van der Waals surface area contributed by atoms with Crippen molar-refractivity contribution in [3.8, 4) is 17.3 Å². The first-order valence-electron chi connectivity index (χ1n) is 7.85. The number of rotatable bonds is 3. The van der Waals surface area contributed by atoms with Gasteiger partial charge in [0.05, 0.1) is 14.2 Å². The molecule has 25 heavy (non-hydrogen) atoms. The molecule has 0 radical (unpaired) electrons. The van der Waals surface area contributed by atoms with Gasteiger partial charge in [-0.15, -0.1) is 0 Å². The van der Waals surface area contributed by atoms with E-state index in [2.05, 4.69) is 4.98 Å². The molecule has 0 saturated heterocycles. The van der Waals surface area contributed by atoms with Crippen LogP contribution in [0.2, 0.25) is 0 Å². The topological polar surface area (TPSA) is 53.4 Å². The van der Waals surface area contributed by atoms with E-state index in [1.807, 2.05) is 42.5 Å². The molecule has 0 spiro atoms. The molecule has 2 aromatic carbocycles. The van der Waals surface area contributed by atoms with Crippen LogP contribution in [0.4, 0.5) is 0 Å². The van der Waals surface area contributed by atoms with E-state index in [1.54, 1.807) is 37.1 Å². The summed E-state index contributed by atoms with van der Waals surface area (Å²) in [4.78, 5) is 17.6. The van der Waals surface area contributed by atoms with Gasteiger partial charge in [0.1, 0.15) is 22.8 Å². The van der Waals surface area contributed by atoms with Crippen molar-refractivity contribution >= 4 is 21.7 Å². The van der Waals surface area contributed by atoms with Crippen molar-refractivity contribution in [2.45, 2.75) is 0 Å². The zero-order valence-electron chi connectivity index (χ0n) is 13.9. The van der Waals surface area contributed by atoms with Crippen molar-refractivity contribution < 1.29 is 9.47 Å². The predicted molar refractivity (Wildman–Crippen MR) is 98.0 cm³/mol. The van der Waals surface area contributed by atoms with Gasteiger partial charge in [0.25, 0.3) is 5.56 Å². The van der Waals surface area contributed by atoms with E-state index in [1.165, 1.54) is 0 Å². The molecule has 5 nitrogen and oxygen atoms in total. The molecule has 2 heterocycles. The van der Waals surface area contributed by atoms with E-state index < -0.39 is 0 Å². The Balaban J connectivity index is 2.30. The zero-order chi connectivity index (χ0) is 17.4. The summed E-state index contributed by atoms with van der Waals surface area (Å²) in [7, 11) is 3.19. The minimum absolute atomic E-state index is 0.134. The van der Waals surface area contributed by atoms with Crippen molar-refractivity contribution in [1.82, 2.24) is 9.55 Å². The summed E-state index contributed by atoms with van der Waals surface area (Å²) in [5.41, 5.74) is 0.538. The lowest BCUT2D eigenvalue weighted by Gasteiger charge is -2.16. The second-order valence-electron chi connectivity index (χ2n) is 5.60. The van der Waals surface area contributed by atoms with Crippen LogP contribution in [-0.4, -0.2) is 23.8 Å². The third-order valence-electron chi connectivity index (χ3n) is 4.26. The van der Waals surface area contributed by atoms with Crippen LogP contribution in [0.3, 0.4) is 0 Å². The van der Waals surface area contributed by atoms with Crippen molar-refractivity contribution in [1.29, 1.82) is 0 Å². The predicted octanol–water partition coefficient (Wildman–Crippen LogP) is 3.56. The molecule has 0 atom stereocenters. The number of benzene rings is 2. The molecule has 0 saturated carbocycles. The van der Waals surface area contributed by atoms with Gasteiger partial charge in [0.2, 0.25) is 0 Å². The molecule has 5 heteroatoms. The molecule has 0 aliphatic rings. The van der Waals surface area contributed by atoms with Gasteiger partial charge >= 0.3 is 0 Å². The lowest BCUT2D eigenvalue weighted by Crippen LogP contribution is -2.20. The van der Waals surface area contributed by atoms with Crippen LogP contribution in [0, 0.1) is 0 Å². The minimum Gasteiger partial charge on any atom is -0.497 e. The van der Waals surface area contributed by atoms with Crippen LogP contribution < -0.4 is 15.0 Å². The Hall–Kier alpha value is -3.34. The molecule has 0 aliphatic heterocycles. The molecule has 0 N–H and O–H groups in total. The van der Waals surface area contributed by atoms with E-state index in [-0.39, 0.29) is 5.56 Å². The fourth-order valence-corrected chi connectivity index (χ4v) is 3.12. The maximum atomic E-state index is 13.2. The summed E-state index contributed by atoms with van der Waals surface area (Å²) >= 11 is 0. The van der Waals surface area contributed by atoms with Gasteiger partial charge in [0.15, 0.2) is 0 Å². The van der Waals surface area contributed by atoms with Gasteiger partial charge in [-0.3, -0.25) is 9.36 Å². The number of fused-ring (bicyclic) bond motifs is 3. The average molecular weight is 332 g/mol. The number of hydrogen-bond acceptors (Lipinski definition) is 4. The fourth-order valence-electron chi connectivity index (χ4n) is 3.12. The van der Waals surface area contributed by atoms with Gasteiger partial charge in [-0.05, 0) is 29.7 Å². The third-order valence-corrected chi connectivity index (χ3v) is 4.26. The first-order valence-corrected chi connectivity index (χ1v) is 7.85. The molecular formula is C20H16N2O3. The molecule has 4 aromatic rings. The quantitative estimate of drug-likeness (QED) is 0.538. The Bertz CT molecular complexity index is 1130. The van der Waals surface area contributed by atoms with E-state index in [9.17, 15) is 4.79 Å². The number of methoxy groups -OCH3 is 2. The third kappa shape index (κ3) is 2.32. The summed E-state index contributed by atoms with van der Waals surface area (Å²) in [6, 6.07) is 16.7. The molecule has 0 bridgehead atoms. The summed E-state index contributed by atoms with van der Waals surface area (Å²) < 4.78 is 12.6. The highest BCUT2D eigenvalue weighted by atomic mass is 16.5. The van der Waals surface area contributed by atoms with Gasteiger partial charge in [-0.1, -0.05) is 24.3 Å². The maximum absolute atomic E-state index is 13.2. The van der Waals surface area contributed by atoms with Crippen molar-refractivity contribution in [2.75, 3.05) is 14.2 Å². The van der Waals surface area contributed by atoms with Gasteiger partial charge < -0.3 is 9.47 Å². The average Bonchev–Trinajstić information content (AvgIpc) is 2.68. The van der Waals surface area contributed by atoms with Crippen LogP contribution in [-0.2, 0) is 0 Å². The van der Waals surface area contributed by atoms with Crippen molar-refractivity contribution in [2.24, 2.45) is 0 Å². The molecule has 0 unspecified atom stereocenters. The highest BCUT2D eigenvalue weighted by Crippen LogP contribution is 2.35. The van der Waals surface area contributed by atoms with E-state index in [4.69, 9.17) is 9.47 Å². The van der Waals surface area contributed by atoms with Crippen LogP contribution in [0.1, 0.15) is 0 Å². The number of nitrogens with zero attached hydrogens (tertiary/aromatic N) is 2. The monoisotopic (exact) mass is 332 g/mol. The molecule has 0 aliphatic carbocycles. The Morgan fingerprint density at radius 2 is 1.64 bits per heavy atom. The number of ether oxygens (including phenoxy) is 2. The Morgan fingerprint density at radius 3 is 2.32 bits per heavy atom. The standard InChI is InChI=1S/C20H16N2O3/c1-24-13-11-16-14-7-3-4-8-15(14)20(23)22(18-9-5-6-10-21-18)19(16)17(12-13)25-2/h3-12H,1-2H3. The summed E-state index contributed by atoms with van der Waals surface area (Å²) in [6.07, 6.45) is 1.67. The molecule has 2 aromatic heterocycles. The van der Waals surface area contributed by atoms with E-state index in [0.717, 1.165) is 10.8 Å². The SMILES string of the molecule is COc1cc(OC)c2c(c1)c1ccccc1c(=O)n2-c1ccccn1. The lowest BCUT2D eigenvalue weighted by molar-refractivity contribution is 0.397. The second-order valence-corrected chi connectivity index (χ2v) is 5.60. The molecule has 124 valence electrons. The number of hydrogen-bond donors (Lipinski definition) is 0. The van der Waals surface area contributed by atoms with E-state index in [0.29, 0.717) is 28.2 Å². The molecule has 0 fully saturated rings. The Labute approximate surface area is 144 Å². The number of aromatic nitrogens is 2. The number of pyridine rings is 2. The summed E-state index contributed by atoms with van der Waals surface area (Å²) in [5.74, 6) is 1.77. The highest BCUT2D eigenvalue weighted by Gasteiger charge is 2.17. The van der Waals surface area contributed by atoms with Gasteiger partial charge in [0, 0.05) is 23.0 Å². The van der Waals surface area contributed by atoms with Crippen molar-refractivity contribution in [3.63, 3.8) is 0 Å². The van der Waals surface area contributed by atoms with Crippen LogP contribution >= 0.6 is 0 Å². The first kappa shape index (κ1) is 15.2. The molecule has 4 rings (SSSR count). The Kier molecular flexibility index (Phi) is 3.61. The second kappa shape index (κ2) is 5.94. The maximum Gasteiger partial charge on any atom is 0.264 e. The highest BCUT2D eigenvalue weighted by molar-refractivity contribution is 6.08. The van der Waals surface area contributed by atoms with Crippen LogP contribution in [0.25, 0.3) is 27.5 Å². The largest absolute Gasteiger partial charge is 0.497 e. The van der Waals surface area contributed by atoms with Crippen LogP contribution in [0.15, 0.2) is 65.6 Å². The summed E-state index contributed by atoms with van der Waals surface area (Å²) in [5, 5.41) is 2.35. The fraction of sp³-hybridized carbons (Fsp3) is 0.100. The Morgan fingerprint density at radius 1 is 0.880 bits per heavy atom. The summed E-state index contributed by atoms with van der Waals surface area (Å²) in [6.45, 7) is 0. The molecule has 0 amide bonds. The first-order chi connectivity index (χ1) is 12.2. The van der Waals surface area contributed by atoms with E-state index >= 15 is 0 Å². The smallest absolute Gasteiger partial charge is 0.264 e. The lowest BCUT2D eigenvalue weighted by atomic mass is 10.0. The van der Waals surface area contributed by atoms with Crippen LogP contribution in [0.5, 0.6) is 11.5 Å². The molecular weight excluding hydrogens is 316 g/mol. The van der Waals surface area contributed by atoms with Crippen molar-refractivity contribution in [3.05, 3.63) is 71.1 Å². The van der Waals surface area contributed by atoms with Gasteiger partial charge in [-0.25, -0.2) is 4.98 Å². The normalized spacial score (nSPS) is 11.0. The zero-order valence-corrected chi connectivity index (χ0v) is 13.9. The minimum atomic E-state index is -0.134.